The van der Waals surface area contributed by atoms with Gasteiger partial charge in [-0.1, -0.05) is 27.7 Å². The van der Waals surface area contributed by atoms with E-state index in [1.165, 1.54) is 19.3 Å². The highest BCUT2D eigenvalue weighted by molar-refractivity contribution is 4.99. The van der Waals surface area contributed by atoms with E-state index in [1.54, 1.807) is 0 Å². The predicted molar refractivity (Wildman–Crippen MR) is 87.0 cm³/mol. The van der Waals surface area contributed by atoms with Gasteiger partial charge in [-0.05, 0) is 31.2 Å². The summed E-state index contributed by atoms with van der Waals surface area (Å²) in [6, 6.07) is 2.47. The molecule has 0 aliphatic carbocycles. The lowest BCUT2D eigenvalue weighted by Gasteiger charge is -2.47. The molecule has 1 saturated heterocycles. The van der Waals surface area contributed by atoms with E-state index in [0.717, 1.165) is 25.5 Å². The van der Waals surface area contributed by atoms with Gasteiger partial charge in [-0.25, -0.2) is 9.97 Å². The summed E-state index contributed by atoms with van der Waals surface area (Å²) in [6.07, 6.45) is 7.25. The lowest BCUT2D eigenvalue weighted by Crippen LogP contribution is -2.63. The standard InChI is InChI=1S/C17H30N4/c1-5-17(6-2)13-21(12-16-18-8-7-9-19-16)15(11-20-17)10-14(3)4/h7-9,14-15,20H,5-6,10-13H2,1-4H3. The summed E-state index contributed by atoms with van der Waals surface area (Å²) in [6.45, 7) is 12.2. The number of piperazine rings is 1. The van der Waals surface area contributed by atoms with Crippen molar-refractivity contribution in [3.63, 3.8) is 0 Å². The van der Waals surface area contributed by atoms with Crippen LogP contribution in [0.2, 0.25) is 0 Å². The Balaban J connectivity index is 2.12. The number of rotatable bonds is 6. The molecule has 0 spiro atoms. The molecule has 21 heavy (non-hydrogen) atoms. The van der Waals surface area contributed by atoms with Crippen LogP contribution in [-0.4, -0.2) is 39.5 Å². The van der Waals surface area contributed by atoms with Gasteiger partial charge >= 0.3 is 0 Å². The van der Waals surface area contributed by atoms with Gasteiger partial charge in [0.15, 0.2) is 0 Å². The fourth-order valence-electron chi connectivity index (χ4n) is 3.32. The first kappa shape index (κ1) is 16.4. The second kappa shape index (κ2) is 7.32. The molecule has 4 nitrogen and oxygen atoms in total. The van der Waals surface area contributed by atoms with Crippen LogP contribution < -0.4 is 5.32 Å². The van der Waals surface area contributed by atoms with E-state index in [-0.39, 0.29) is 5.54 Å². The third-order valence-electron chi connectivity index (χ3n) is 4.80. The third kappa shape index (κ3) is 4.24. The average molecular weight is 290 g/mol. The fourth-order valence-corrected chi connectivity index (χ4v) is 3.32. The van der Waals surface area contributed by atoms with Crippen molar-refractivity contribution in [2.45, 2.75) is 65.1 Å². The van der Waals surface area contributed by atoms with Crippen LogP contribution in [0.3, 0.4) is 0 Å². The number of hydrogen-bond acceptors (Lipinski definition) is 4. The van der Waals surface area contributed by atoms with E-state index >= 15 is 0 Å². The van der Waals surface area contributed by atoms with Crippen molar-refractivity contribution in [2.75, 3.05) is 13.1 Å². The van der Waals surface area contributed by atoms with Crippen molar-refractivity contribution in [1.29, 1.82) is 0 Å². The zero-order chi connectivity index (χ0) is 15.3. The van der Waals surface area contributed by atoms with Crippen molar-refractivity contribution in [3.05, 3.63) is 24.3 Å². The van der Waals surface area contributed by atoms with Crippen LogP contribution in [0.1, 0.15) is 52.8 Å². The van der Waals surface area contributed by atoms with Crippen LogP contribution in [-0.2, 0) is 6.54 Å². The zero-order valence-corrected chi connectivity index (χ0v) is 14.0. The van der Waals surface area contributed by atoms with Gasteiger partial charge in [-0.3, -0.25) is 4.90 Å². The molecule has 1 aliphatic rings. The highest BCUT2D eigenvalue weighted by atomic mass is 15.3. The van der Waals surface area contributed by atoms with Crippen molar-refractivity contribution < 1.29 is 0 Å². The van der Waals surface area contributed by atoms with Crippen molar-refractivity contribution in [2.24, 2.45) is 5.92 Å². The Labute approximate surface area is 129 Å². The molecule has 0 bridgehead atoms. The Kier molecular flexibility index (Phi) is 5.71. The molecule has 1 unspecified atom stereocenters. The summed E-state index contributed by atoms with van der Waals surface area (Å²) in [4.78, 5) is 11.4. The summed E-state index contributed by atoms with van der Waals surface area (Å²) in [5, 5.41) is 3.82. The quantitative estimate of drug-likeness (QED) is 0.874. The van der Waals surface area contributed by atoms with E-state index in [0.29, 0.717) is 12.0 Å². The van der Waals surface area contributed by atoms with E-state index in [1.807, 2.05) is 18.5 Å². The van der Waals surface area contributed by atoms with Crippen LogP contribution in [0, 0.1) is 5.92 Å². The average Bonchev–Trinajstić information content (AvgIpc) is 2.50. The molecular formula is C17H30N4. The molecule has 1 aromatic heterocycles. The molecule has 1 aliphatic heterocycles. The normalized spacial score (nSPS) is 22.6. The summed E-state index contributed by atoms with van der Waals surface area (Å²) in [5.41, 5.74) is 0.252. The summed E-state index contributed by atoms with van der Waals surface area (Å²) in [7, 11) is 0. The SMILES string of the molecule is CCC1(CC)CN(Cc2ncccn2)C(CC(C)C)CN1. The van der Waals surface area contributed by atoms with Crippen LogP contribution >= 0.6 is 0 Å². The second-order valence-electron chi connectivity index (χ2n) is 6.72. The van der Waals surface area contributed by atoms with E-state index in [9.17, 15) is 0 Å². The molecule has 2 heterocycles. The maximum atomic E-state index is 4.41. The van der Waals surface area contributed by atoms with Gasteiger partial charge in [-0.2, -0.15) is 0 Å². The predicted octanol–water partition coefficient (Wildman–Crippen LogP) is 2.86. The molecule has 0 aromatic carbocycles. The lowest BCUT2D eigenvalue weighted by atomic mass is 9.87. The largest absolute Gasteiger partial charge is 0.308 e. The fraction of sp³-hybridized carbons (Fsp3) is 0.765. The Morgan fingerprint density at radius 1 is 1.29 bits per heavy atom. The smallest absolute Gasteiger partial charge is 0.142 e. The topological polar surface area (TPSA) is 41.1 Å². The molecule has 118 valence electrons. The lowest BCUT2D eigenvalue weighted by molar-refractivity contribution is 0.0541. The minimum Gasteiger partial charge on any atom is -0.308 e. The minimum atomic E-state index is 0.252. The van der Waals surface area contributed by atoms with Crippen LogP contribution in [0.4, 0.5) is 0 Å². The molecule has 0 saturated carbocycles. The molecule has 2 rings (SSSR count). The molecule has 1 atom stereocenters. The molecule has 1 aromatic rings. The van der Waals surface area contributed by atoms with Crippen molar-refractivity contribution in [1.82, 2.24) is 20.2 Å². The number of nitrogens with one attached hydrogen (secondary N) is 1. The maximum Gasteiger partial charge on any atom is 0.142 e. The summed E-state index contributed by atoms with van der Waals surface area (Å²) >= 11 is 0. The minimum absolute atomic E-state index is 0.252. The third-order valence-corrected chi connectivity index (χ3v) is 4.80. The van der Waals surface area contributed by atoms with Gasteiger partial charge in [-0.15, -0.1) is 0 Å². The first-order chi connectivity index (χ1) is 10.1. The Morgan fingerprint density at radius 2 is 1.95 bits per heavy atom. The first-order valence-corrected chi connectivity index (χ1v) is 8.33. The molecule has 1 fully saturated rings. The Bertz CT molecular complexity index is 414. The molecule has 1 N–H and O–H groups in total. The maximum absolute atomic E-state index is 4.41. The number of nitrogens with zero attached hydrogens (tertiary/aromatic N) is 3. The number of aromatic nitrogens is 2. The van der Waals surface area contributed by atoms with Gasteiger partial charge < -0.3 is 5.32 Å². The van der Waals surface area contributed by atoms with Gasteiger partial charge in [0.05, 0.1) is 6.54 Å². The molecule has 4 heteroatoms. The highest BCUT2D eigenvalue weighted by Crippen LogP contribution is 2.26. The Hall–Kier alpha value is -1.00. The van der Waals surface area contributed by atoms with Crippen molar-refractivity contribution in [3.8, 4) is 0 Å². The molecule has 0 amide bonds. The highest BCUT2D eigenvalue weighted by Gasteiger charge is 2.36. The Morgan fingerprint density at radius 3 is 2.52 bits per heavy atom. The van der Waals surface area contributed by atoms with E-state index in [4.69, 9.17) is 0 Å². The second-order valence-corrected chi connectivity index (χ2v) is 6.72. The zero-order valence-electron chi connectivity index (χ0n) is 14.0. The monoisotopic (exact) mass is 290 g/mol. The molecular weight excluding hydrogens is 260 g/mol. The van der Waals surface area contributed by atoms with Crippen LogP contribution in [0.15, 0.2) is 18.5 Å². The van der Waals surface area contributed by atoms with Crippen LogP contribution in [0.5, 0.6) is 0 Å². The van der Waals surface area contributed by atoms with Gasteiger partial charge in [0, 0.05) is 37.1 Å². The number of hydrogen-bond donors (Lipinski definition) is 1. The van der Waals surface area contributed by atoms with E-state index < -0.39 is 0 Å². The molecule has 0 radical (unpaired) electrons. The first-order valence-electron chi connectivity index (χ1n) is 8.33. The van der Waals surface area contributed by atoms with Crippen LogP contribution in [0.25, 0.3) is 0 Å². The summed E-state index contributed by atoms with van der Waals surface area (Å²) < 4.78 is 0. The van der Waals surface area contributed by atoms with Gasteiger partial charge in [0.2, 0.25) is 0 Å². The van der Waals surface area contributed by atoms with E-state index in [2.05, 4.69) is 47.9 Å². The van der Waals surface area contributed by atoms with Gasteiger partial charge in [0.25, 0.3) is 0 Å². The van der Waals surface area contributed by atoms with Gasteiger partial charge in [0.1, 0.15) is 5.82 Å². The summed E-state index contributed by atoms with van der Waals surface area (Å²) in [5.74, 6) is 1.65. The van der Waals surface area contributed by atoms with Crippen molar-refractivity contribution >= 4 is 0 Å².